The number of carbonyl (C=O) groups is 4. The number of nitrogen functional groups attached to an aromatic ring is 1. The highest BCUT2D eigenvalue weighted by molar-refractivity contribution is 6.31. The highest BCUT2D eigenvalue weighted by atomic mass is 16.5. The number of carboxylic acids is 2. The number of nitrogens with two attached hydrogens (primary N) is 1. The molecule has 0 radical (unpaired) electrons. The van der Waals surface area contributed by atoms with Crippen molar-refractivity contribution in [2.75, 3.05) is 12.3 Å². The van der Waals surface area contributed by atoms with Crippen LogP contribution in [0.4, 0.5) is 5.69 Å². The van der Waals surface area contributed by atoms with Crippen molar-refractivity contribution in [2.24, 2.45) is 0 Å². The molecule has 0 aromatic heterocycles. The van der Waals surface area contributed by atoms with Gasteiger partial charge in [-0.3, -0.25) is 9.59 Å². The third kappa shape index (κ3) is 5.84. The molecular weight excluding hydrogens is 368 g/mol. The fourth-order valence-corrected chi connectivity index (χ4v) is 2.28. The molecule has 0 saturated carbocycles. The molecule has 0 saturated heterocycles. The van der Waals surface area contributed by atoms with Crippen molar-refractivity contribution in [3.05, 3.63) is 59.7 Å². The molecule has 2 aromatic carbocycles. The van der Waals surface area contributed by atoms with E-state index in [-0.39, 0.29) is 18.8 Å². The van der Waals surface area contributed by atoms with Crippen LogP contribution in [0.1, 0.15) is 15.9 Å². The molecule has 0 spiro atoms. The lowest BCUT2D eigenvalue weighted by Gasteiger charge is -2.13. The number of aliphatic carboxylic acids is 2. The minimum Gasteiger partial charge on any atom is -0.485 e. The van der Waals surface area contributed by atoms with E-state index in [0.717, 1.165) is 0 Å². The lowest BCUT2D eigenvalue weighted by Crippen LogP contribution is -2.45. The molecule has 9 nitrogen and oxygen atoms in total. The monoisotopic (exact) mass is 386 g/mol. The normalized spacial score (nSPS) is 11.3. The van der Waals surface area contributed by atoms with Crippen LogP contribution in [0.15, 0.2) is 48.5 Å². The van der Waals surface area contributed by atoms with E-state index in [0.29, 0.717) is 22.6 Å². The van der Waals surface area contributed by atoms with Gasteiger partial charge >= 0.3 is 17.8 Å². The Hall–Kier alpha value is -3.88. The van der Waals surface area contributed by atoms with Crippen LogP contribution in [-0.4, -0.2) is 46.5 Å². The Kier molecular flexibility index (Phi) is 6.69. The van der Waals surface area contributed by atoms with E-state index >= 15 is 0 Å². The Morgan fingerprint density at radius 1 is 0.964 bits per heavy atom. The molecule has 1 amide bonds. The topological polar surface area (TPSA) is 156 Å². The quantitative estimate of drug-likeness (QED) is 0.294. The van der Waals surface area contributed by atoms with Crippen molar-refractivity contribution in [2.45, 2.75) is 12.5 Å². The highest BCUT2D eigenvalue weighted by Gasteiger charge is 2.23. The molecule has 5 N–H and O–H groups in total. The first-order valence-corrected chi connectivity index (χ1v) is 8.13. The van der Waals surface area contributed by atoms with Crippen LogP contribution in [0, 0.1) is 0 Å². The summed E-state index contributed by atoms with van der Waals surface area (Å²) in [6, 6.07) is 11.3. The molecule has 146 valence electrons. The standard InChI is InChI=1S/C19H18N2O7/c20-13-5-3-12(4-6-13)16(22)10-28-14-7-1-11(2-8-14)9-15(18(24)25)21-17(23)19(26)27/h1-8,15H,9-10,20H2,(H,21,23)(H,24,25)(H,26,27)/t15-/m1/s1. The predicted molar refractivity (Wildman–Crippen MR) is 98.0 cm³/mol. The summed E-state index contributed by atoms with van der Waals surface area (Å²) in [5.74, 6) is -4.35. The molecule has 0 aliphatic heterocycles. The van der Waals surface area contributed by atoms with Crippen LogP contribution in [-0.2, 0) is 20.8 Å². The van der Waals surface area contributed by atoms with Gasteiger partial charge in [-0.05, 0) is 42.0 Å². The zero-order valence-corrected chi connectivity index (χ0v) is 14.6. The second kappa shape index (κ2) is 9.17. The number of Topliss-reactive ketones (excluding diaryl/α,β-unsaturated/α-hetero) is 1. The number of ketones is 1. The van der Waals surface area contributed by atoms with Crippen LogP contribution in [0.2, 0.25) is 0 Å². The van der Waals surface area contributed by atoms with E-state index in [4.69, 9.17) is 20.7 Å². The third-order valence-corrected chi connectivity index (χ3v) is 3.76. The predicted octanol–water partition coefficient (Wildman–Crippen LogP) is 0.727. The van der Waals surface area contributed by atoms with Gasteiger partial charge in [0.1, 0.15) is 11.8 Å². The molecule has 2 rings (SSSR count). The lowest BCUT2D eigenvalue weighted by atomic mass is 10.1. The van der Waals surface area contributed by atoms with Crippen molar-refractivity contribution in [3.63, 3.8) is 0 Å². The molecule has 0 bridgehead atoms. The maximum atomic E-state index is 12.1. The van der Waals surface area contributed by atoms with E-state index in [1.165, 1.54) is 0 Å². The molecule has 2 aromatic rings. The van der Waals surface area contributed by atoms with Gasteiger partial charge in [-0.25, -0.2) is 9.59 Å². The Labute approximate surface area is 159 Å². The second-order valence-corrected chi connectivity index (χ2v) is 5.85. The summed E-state index contributed by atoms with van der Waals surface area (Å²) < 4.78 is 5.41. The van der Waals surface area contributed by atoms with E-state index in [1.807, 2.05) is 5.32 Å². The Bertz CT molecular complexity index is 876. The summed E-state index contributed by atoms with van der Waals surface area (Å²) in [6.07, 6.45) is -0.112. The summed E-state index contributed by atoms with van der Waals surface area (Å²) in [5, 5.41) is 19.6. The number of carbonyl (C=O) groups excluding carboxylic acids is 2. The average Bonchev–Trinajstić information content (AvgIpc) is 2.66. The van der Waals surface area contributed by atoms with E-state index in [2.05, 4.69) is 0 Å². The van der Waals surface area contributed by atoms with Gasteiger partial charge in [0, 0.05) is 17.7 Å². The van der Waals surface area contributed by atoms with Crippen molar-refractivity contribution in [1.82, 2.24) is 5.32 Å². The Balaban J connectivity index is 1.93. The zero-order valence-electron chi connectivity index (χ0n) is 14.6. The number of rotatable bonds is 8. The molecule has 0 fully saturated rings. The first-order chi connectivity index (χ1) is 13.3. The van der Waals surface area contributed by atoms with Crippen LogP contribution >= 0.6 is 0 Å². The van der Waals surface area contributed by atoms with E-state index in [9.17, 15) is 19.2 Å². The van der Waals surface area contributed by atoms with Gasteiger partial charge in [-0.15, -0.1) is 0 Å². The maximum absolute atomic E-state index is 12.1. The number of hydrogen-bond donors (Lipinski definition) is 4. The maximum Gasteiger partial charge on any atom is 0.394 e. The number of benzene rings is 2. The fourth-order valence-electron chi connectivity index (χ4n) is 2.28. The van der Waals surface area contributed by atoms with Gasteiger partial charge in [0.05, 0.1) is 0 Å². The third-order valence-electron chi connectivity index (χ3n) is 3.76. The van der Waals surface area contributed by atoms with Crippen LogP contribution in [0.5, 0.6) is 5.75 Å². The van der Waals surface area contributed by atoms with Gasteiger partial charge < -0.3 is 26.0 Å². The SMILES string of the molecule is Nc1ccc(C(=O)COc2ccc(C[C@@H](NC(=O)C(=O)O)C(=O)O)cc2)cc1. The number of ether oxygens (including phenoxy) is 1. The number of anilines is 1. The van der Waals surface area contributed by atoms with Crippen molar-refractivity contribution >= 4 is 29.3 Å². The van der Waals surface area contributed by atoms with Crippen LogP contribution in [0.25, 0.3) is 0 Å². The zero-order chi connectivity index (χ0) is 20.7. The molecule has 0 aliphatic rings. The van der Waals surface area contributed by atoms with Gasteiger partial charge in [-0.1, -0.05) is 12.1 Å². The van der Waals surface area contributed by atoms with Gasteiger partial charge in [0.2, 0.25) is 0 Å². The van der Waals surface area contributed by atoms with Crippen molar-refractivity contribution < 1.29 is 34.1 Å². The van der Waals surface area contributed by atoms with Crippen LogP contribution < -0.4 is 15.8 Å². The molecular formula is C19H18N2O7. The summed E-state index contributed by atoms with van der Waals surface area (Å²) >= 11 is 0. The van der Waals surface area contributed by atoms with Crippen LogP contribution in [0.3, 0.4) is 0 Å². The average molecular weight is 386 g/mol. The Morgan fingerprint density at radius 2 is 1.57 bits per heavy atom. The molecule has 9 heteroatoms. The summed E-state index contributed by atoms with van der Waals surface area (Å²) in [7, 11) is 0. The summed E-state index contributed by atoms with van der Waals surface area (Å²) in [4.78, 5) is 44.9. The molecule has 0 unspecified atom stereocenters. The lowest BCUT2D eigenvalue weighted by molar-refractivity contribution is -0.152. The number of amides is 1. The summed E-state index contributed by atoms with van der Waals surface area (Å²) in [5.41, 5.74) is 7.12. The van der Waals surface area contributed by atoms with Gasteiger partial charge in [-0.2, -0.15) is 0 Å². The van der Waals surface area contributed by atoms with E-state index in [1.54, 1.807) is 48.5 Å². The molecule has 28 heavy (non-hydrogen) atoms. The second-order valence-electron chi connectivity index (χ2n) is 5.85. The minimum atomic E-state index is -1.76. The van der Waals surface area contributed by atoms with Gasteiger partial charge in [0.15, 0.2) is 12.4 Å². The minimum absolute atomic E-state index is 0.112. The number of carboxylic acid groups (broad SMARTS) is 2. The smallest absolute Gasteiger partial charge is 0.394 e. The number of hydrogen-bond acceptors (Lipinski definition) is 6. The Morgan fingerprint density at radius 3 is 2.11 bits per heavy atom. The van der Waals surface area contributed by atoms with Crippen molar-refractivity contribution in [3.8, 4) is 5.75 Å². The first-order valence-electron chi connectivity index (χ1n) is 8.13. The molecule has 1 atom stereocenters. The van der Waals surface area contributed by atoms with Crippen molar-refractivity contribution in [1.29, 1.82) is 0 Å². The highest BCUT2D eigenvalue weighted by Crippen LogP contribution is 2.15. The van der Waals surface area contributed by atoms with Gasteiger partial charge in [0.25, 0.3) is 0 Å². The summed E-state index contributed by atoms with van der Waals surface area (Å²) in [6.45, 7) is -0.185. The molecule has 0 aliphatic carbocycles. The largest absolute Gasteiger partial charge is 0.485 e. The first kappa shape index (κ1) is 20.4. The number of nitrogens with one attached hydrogen (secondary N) is 1. The molecule has 0 heterocycles. The fraction of sp³-hybridized carbons (Fsp3) is 0.158. The van der Waals surface area contributed by atoms with E-state index < -0.39 is 23.9 Å².